The largest absolute Gasteiger partial charge is 0.478 e. The maximum Gasteiger partial charge on any atom is 0.346 e. The average molecular weight is 326 g/mol. The fourth-order valence-corrected chi connectivity index (χ4v) is 1.62. The number of carbonyl (C=O) groups is 3. The summed E-state index contributed by atoms with van der Waals surface area (Å²) < 4.78 is 18.0. The van der Waals surface area contributed by atoms with Crippen LogP contribution < -0.4 is 15.4 Å². The van der Waals surface area contributed by atoms with Gasteiger partial charge in [-0.05, 0) is 30.7 Å². The minimum atomic E-state index is -1.32. The molecule has 0 aliphatic rings. The van der Waals surface area contributed by atoms with Gasteiger partial charge in [-0.25, -0.2) is 9.18 Å². The molecule has 0 spiro atoms. The number of carboxylic acids is 1. The highest BCUT2D eigenvalue weighted by Gasteiger charge is 2.20. The Balaban J connectivity index is 2.44. The molecular formula is C15H19FN2O5. The number of aliphatic carboxylic acids is 1. The maximum absolute atomic E-state index is 12.8. The van der Waals surface area contributed by atoms with Crippen molar-refractivity contribution in [3.8, 4) is 5.75 Å². The van der Waals surface area contributed by atoms with Crippen LogP contribution in [0, 0.1) is 5.82 Å². The summed E-state index contributed by atoms with van der Waals surface area (Å²) in [6, 6.07) is 4.85. The zero-order chi connectivity index (χ0) is 17.2. The molecule has 23 heavy (non-hydrogen) atoms. The predicted octanol–water partition coefficient (Wildman–Crippen LogP) is 0.690. The molecule has 3 N–H and O–H groups in total. The van der Waals surface area contributed by atoms with Crippen molar-refractivity contribution in [3.63, 3.8) is 0 Å². The molecule has 0 aliphatic heterocycles. The summed E-state index contributed by atoms with van der Waals surface area (Å²) in [6.07, 6.45) is -0.338. The second-order valence-electron chi connectivity index (χ2n) is 4.73. The van der Waals surface area contributed by atoms with E-state index in [1.54, 1.807) is 0 Å². The van der Waals surface area contributed by atoms with Crippen LogP contribution in [0.2, 0.25) is 0 Å². The summed E-state index contributed by atoms with van der Waals surface area (Å²) >= 11 is 0. The number of nitrogens with one attached hydrogen (secondary N) is 2. The normalized spacial score (nSPS) is 11.4. The number of hydrogen-bond acceptors (Lipinski definition) is 4. The molecule has 0 fully saturated rings. The summed E-state index contributed by atoms with van der Waals surface area (Å²) in [5.74, 6) is -2.35. The molecule has 0 radical (unpaired) electrons. The van der Waals surface area contributed by atoms with Gasteiger partial charge in [-0.1, -0.05) is 6.92 Å². The number of amides is 2. The maximum atomic E-state index is 12.8. The van der Waals surface area contributed by atoms with Crippen molar-refractivity contribution in [2.24, 2.45) is 0 Å². The summed E-state index contributed by atoms with van der Waals surface area (Å²) in [5.41, 5.74) is 0. The van der Waals surface area contributed by atoms with Crippen LogP contribution in [0.1, 0.15) is 19.8 Å². The molecule has 0 saturated carbocycles. The Labute approximate surface area is 132 Å². The molecule has 8 heteroatoms. The minimum Gasteiger partial charge on any atom is -0.478 e. The van der Waals surface area contributed by atoms with E-state index in [0.717, 1.165) is 12.1 Å². The zero-order valence-electron chi connectivity index (χ0n) is 12.7. The van der Waals surface area contributed by atoms with Gasteiger partial charge >= 0.3 is 5.97 Å². The number of carboxylic acid groups (broad SMARTS) is 1. The van der Waals surface area contributed by atoms with Crippen LogP contribution in [0.25, 0.3) is 0 Å². The first-order chi connectivity index (χ1) is 10.9. The highest BCUT2D eigenvalue weighted by molar-refractivity contribution is 5.85. The molecule has 0 aliphatic carbocycles. The number of carbonyl (C=O) groups excluding carboxylic acids is 2. The Hall–Kier alpha value is -2.64. The zero-order valence-corrected chi connectivity index (χ0v) is 12.7. The van der Waals surface area contributed by atoms with Crippen molar-refractivity contribution < 1.29 is 28.6 Å². The van der Waals surface area contributed by atoms with Gasteiger partial charge in [0.2, 0.25) is 17.9 Å². The van der Waals surface area contributed by atoms with Crippen molar-refractivity contribution in [2.45, 2.75) is 25.9 Å². The number of rotatable bonds is 9. The number of ether oxygens (including phenoxy) is 1. The Bertz CT molecular complexity index is 547. The van der Waals surface area contributed by atoms with Crippen molar-refractivity contribution in [2.75, 3.05) is 13.1 Å². The van der Waals surface area contributed by atoms with Crippen molar-refractivity contribution in [1.29, 1.82) is 0 Å². The predicted molar refractivity (Wildman–Crippen MR) is 79.4 cm³/mol. The van der Waals surface area contributed by atoms with E-state index in [1.165, 1.54) is 12.1 Å². The molecular weight excluding hydrogens is 307 g/mol. The Morgan fingerprint density at radius 1 is 1.17 bits per heavy atom. The van der Waals surface area contributed by atoms with Crippen LogP contribution in [0.4, 0.5) is 4.39 Å². The first-order valence-electron chi connectivity index (χ1n) is 7.10. The lowest BCUT2D eigenvalue weighted by Crippen LogP contribution is -2.44. The van der Waals surface area contributed by atoms with Crippen LogP contribution in [0.15, 0.2) is 24.3 Å². The van der Waals surface area contributed by atoms with Gasteiger partial charge in [0.25, 0.3) is 0 Å². The molecule has 7 nitrogen and oxygen atoms in total. The Kier molecular flexibility index (Phi) is 7.52. The minimum absolute atomic E-state index is 0.171. The third kappa shape index (κ3) is 7.25. The number of hydrogen-bond donors (Lipinski definition) is 3. The van der Waals surface area contributed by atoms with E-state index < -0.39 is 23.8 Å². The van der Waals surface area contributed by atoms with Crippen molar-refractivity contribution in [3.05, 3.63) is 30.1 Å². The molecule has 1 unspecified atom stereocenters. The van der Waals surface area contributed by atoms with Gasteiger partial charge < -0.3 is 20.5 Å². The average Bonchev–Trinajstić information content (AvgIpc) is 2.51. The first-order valence-corrected chi connectivity index (χ1v) is 7.10. The quantitative estimate of drug-likeness (QED) is 0.619. The monoisotopic (exact) mass is 326 g/mol. The van der Waals surface area contributed by atoms with Gasteiger partial charge in [0.1, 0.15) is 11.6 Å². The van der Waals surface area contributed by atoms with Gasteiger partial charge in [-0.15, -0.1) is 0 Å². The van der Waals surface area contributed by atoms with Gasteiger partial charge in [-0.2, -0.15) is 0 Å². The highest BCUT2D eigenvalue weighted by atomic mass is 19.1. The molecule has 1 aromatic carbocycles. The van der Waals surface area contributed by atoms with Crippen molar-refractivity contribution in [1.82, 2.24) is 10.6 Å². The molecule has 0 aromatic heterocycles. The van der Waals surface area contributed by atoms with E-state index in [9.17, 15) is 18.8 Å². The number of benzene rings is 1. The summed E-state index contributed by atoms with van der Waals surface area (Å²) in [5, 5.41) is 13.8. The van der Waals surface area contributed by atoms with Crippen LogP contribution in [-0.2, 0) is 14.4 Å². The smallest absolute Gasteiger partial charge is 0.346 e. The molecule has 0 saturated heterocycles. The van der Waals surface area contributed by atoms with Crippen LogP contribution in [-0.4, -0.2) is 42.1 Å². The summed E-state index contributed by atoms with van der Waals surface area (Å²) in [7, 11) is 0. The lowest BCUT2D eigenvalue weighted by atomic mass is 10.3. The number of halogens is 1. The molecule has 0 heterocycles. The lowest BCUT2D eigenvalue weighted by molar-refractivity contribution is -0.145. The summed E-state index contributed by atoms with van der Waals surface area (Å²) in [6.45, 7) is 1.32. The van der Waals surface area contributed by atoms with Crippen LogP contribution >= 0.6 is 0 Å². The summed E-state index contributed by atoms with van der Waals surface area (Å²) in [4.78, 5) is 33.9. The van der Waals surface area contributed by atoms with E-state index >= 15 is 0 Å². The van der Waals surface area contributed by atoms with E-state index in [4.69, 9.17) is 9.84 Å². The second kappa shape index (κ2) is 9.39. The van der Waals surface area contributed by atoms with Gasteiger partial charge in [0, 0.05) is 6.42 Å². The SMILES string of the molecule is CCCC(=O)NCC(=O)NCC(Oc1ccc(F)cc1)C(=O)O. The molecule has 1 aromatic rings. The van der Waals surface area contributed by atoms with E-state index in [0.29, 0.717) is 12.8 Å². The third-order valence-electron chi connectivity index (χ3n) is 2.78. The van der Waals surface area contributed by atoms with E-state index in [1.807, 2.05) is 6.92 Å². The standard InChI is InChI=1S/C15H19FN2O5/c1-2-3-13(19)18-9-14(20)17-8-12(15(21)22)23-11-6-4-10(16)5-7-11/h4-7,12H,2-3,8-9H2,1H3,(H,17,20)(H,18,19)(H,21,22). The third-order valence-corrected chi connectivity index (χ3v) is 2.78. The van der Waals surface area contributed by atoms with Crippen LogP contribution in [0.3, 0.4) is 0 Å². The van der Waals surface area contributed by atoms with Gasteiger partial charge in [0.15, 0.2) is 0 Å². The van der Waals surface area contributed by atoms with Gasteiger partial charge in [0.05, 0.1) is 13.1 Å². The molecule has 0 bridgehead atoms. The molecule has 1 atom stereocenters. The topological polar surface area (TPSA) is 105 Å². The van der Waals surface area contributed by atoms with Crippen molar-refractivity contribution >= 4 is 17.8 Å². The molecule has 126 valence electrons. The fraction of sp³-hybridized carbons (Fsp3) is 0.400. The Morgan fingerprint density at radius 2 is 1.83 bits per heavy atom. The Morgan fingerprint density at radius 3 is 2.39 bits per heavy atom. The fourth-order valence-electron chi connectivity index (χ4n) is 1.62. The molecule has 1 rings (SSSR count). The molecule has 2 amide bonds. The van der Waals surface area contributed by atoms with Gasteiger partial charge in [-0.3, -0.25) is 9.59 Å². The highest BCUT2D eigenvalue weighted by Crippen LogP contribution is 2.13. The van der Waals surface area contributed by atoms with Crippen LogP contribution in [0.5, 0.6) is 5.75 Å². The lowest BCUT2D eigenvalue weighted by Gasteiger charge is -2.16. The second-order valence-corrected chi connectivity index (χ2v) is 4.73. The van der Waals surface area contributed by atoms with E-state index in [2.05, 4.69) is 10.6 Å². The van der Waals surface area contributed by atoms with E-state index in [-0.39, 0.29) is 24.7 Å². The first kappa shape index (κ1) is 18.4.